The number of carbonyl (C=O) groups is 5. The van der Waals surface area contributed by atoms with E-state index in [0.717, 1.165) is 37.7 Å². The van der Waals surface area contributed by atoms with E-state index < -0.39 is 73.2 Å². The van der Waals surface area contributed by atoms with Crippen molar-refractivity contribution < 1.29 is 32.4 Å². The van der Waals surface area contributed by atoms with Crippen LogP contribution in [0.25, 0.3) is 0 Å². The molecule has 0 aromatic heterocycles. The van der Waals surface area contributed by atoms with Crippen LogP contribution in [0.2, 0.25) is 0 Å². The first kappa shape index (κ1) is 40.4. The monoisotopic (exact) mass is 753 g/mol. The largest absolute Gasteiger partial charge is 0.346 e. The Bertz CT molecular complexity index is 1670. The Labute approximate surface area is 315 Å². The van der Waals surface area contributed by atoms with E-state index in [1.807, 2.05) is 51.1 Å². The van der Waals surface area contributed by atoms with Gasteiger partial charge in [-0.15, -0.1) is 6.58 Å². The number of urea groups is 1. The Hall–Kier alpha value is -3.74. The second-order valence-electron chi connectivity index (χ2n) is 17.8. The zero-order chi connectivity index (χ0) is 38.9. The van der Waals surface area contributed by atoms with Gasteiger partial charge in [0.05, 0.1) is 22.1 Å². The van der Waals surface area contributed by atoms with Crippen molar-refractivity contribution in [2.24, 2.45) is 23.2 Å². The fourth-order valence-electron chi connectivity index (χ4n) is 8.23. The number of likely N-dealkylation sites (tertiary alicyclic amines) is 1. The van der Waals surface area contributed by atoms with Crippen LogP contribution in [0.3, 0.4) is 0 Å². The summed E-state index contributed by atoms with van der Waals surface area (Å²) >= 11 is 0. The van der Waals surface area contributed by atoms with Gasteiger partial charge in [-0.3, -0.25) is 19.2 Å². The number of Topliss-reactive ketones (excluding diaryl/α,β-unsaturated/α-hetero) is 1. The van der Waals surface area contributed by atoms with Gasteiger partial charge in [-0.05, 0) is 68.8 Å². The van der Waals surface area contributed by atoms with Crippen molar-refractivity contribution in [2.75, 3.05) is 18.8 Å². The van der Waals surface area contributed by atoms with Crippen molar-refractivity contribution in [3.05, 3.63) is 48.6 Å². The standard InChI is InChI=1S/C40H59N5O7S/c1-8-21-41-35(48)32(46)28(22-25-17-18-25)42-34(47)31-30-27(29(30)26-15-11-9-12-16-26)23-45(31)36(49)33(38(2,3)4)43-37(50)44-40(19-13-10-14-20-40)24-53(51,52)39(5,6)7/h8-9,11-12,15-16,25,27-31,33H,1,10,13-14,17-24H2,2-7H3,(H,41,48)(H,42,47)(H2,43,44,50)/t27?,28?,29-,30+,31-,33+/m0/s1. The molecule has 13 heteroatoms. The fraction of sp³-hybridized carbons (Fsp3) is 0.675. The van der Waals surface area contributed by atoms with Gasteiger partial charge in [0.25, 0.3) is 5.91 Å². The van der Waals surface area contributed by atoms with E-state index in [9.17, 15) is 32.4 Å². The Morgan fingerprint density at radius 2 is 1.60 bits per heavy atom. The van der Waals surface area contributed by atoms with E-state index in [4.69, 9.17) is 0 Å². The summed E-state index contributed by atoms with van der Waals surface area (Å²) in [6.45, 7) is 14.5. The first-order valence-electron chi connectivity index (χ1n) is 19.2. The van der Waals surface area contributed by atoms with Crippen LogP contribution in [0, 0.1) is 23.2 Å². The molecule has 1 aliphatic heterocycles. The third kappa shape index (κ3) is 9.32. The number of nitrogens with zero attached hydrogens (tertiary/aromatic N) is 1. The van der Waals surface area contributed by atoms with Crippen LogP contribution in [-0.4, -0.2) is 90.1 Å². The number of sulfone groups is 1. The minimum atomic E-state index is -3.58. The van der Waals surface area contributed by atoms with E-state index in [1.54, 1.807) is 20.8 Å². The molecule has 12 nitrogen and oxygen atoms in total. The molecule has 4 aliphatic rings. The molecule has 1 saturated heterocycles. The molecular formula is C40H59N5O7S. The number of fused-ring (bicyclic) bond motifs is 1. The van der Waals surface area contributed by atoms with Gasteiger partial charge in [0.1, 0.15) is 12.1 Å². The van der Waals surface area contributed by atoms with Crippen LogP contribution in [0.5, 0.6) is 0 Å². The Morgan fingerprint density at radius 3 is 2.17 bits per heavy atom. The first-order chi connectivity index (χ1) is 24.8. The van der Waals surface area contributed by atoms with Crippen molar-refractivity contribution in [2.45, 2.75) is 127 Å². The van der Waals surface area contributed by atoms with Gasteiger partial charge in [-0.1, -0.05) is 89.3 Å². The zero-order valence-electron chi connectivity index (χ0n) is 32.2. The Balaban J connectivity index is 1.39. The van der Waals surface area contributed by atoms with Crippen molar-refractivity contribution >= 4 is 39.4 Å². The average molecular weight is 754 g/mol. The molecule has 6 atom stereocenters. The summed E-state index contributed by atoms with van der Waals surface area (Å²) in [6, 6.07) is 6.18. The normalized spacial score (nSPS) is 24.9. The molecule has 1 aromatic rings. The number of piperidine rings is 1. The van der Waals surface area contributed by atoms with Crippen molar-refractivity contribution in [1.82, 2.24) is 26.2 Å². The lowest BCUT2D eigenvalue weighted by Crippen LogP contribution is -2.64. The number of benzene rings is 1. The zero-order valence-corrected chi connectivity index (χ0v) is 33.0. The quantitative estimate of drug-likeness (QED) is 0.164. The molecule has 5 rings (SSSR count). The summed E-state index contributed by atoms with van der Waals surface area (Å²) in [4.78, 5) is 70.5. The number of carbonyl (C=O) groups excluding carboxylic acids is 5. The molecule has 3 aliphatic carbocycles. The fourth-order valence-corrected chi connectivity index (χ4v) is 9.75. The summed E-state index contributed by atoms with van der Waals surface area (Å²) in [6.07, 6.45) is 7.14. The molecule has 0 radical (unpaired) electrons. The molecule has 4 fully saturated rings. The third-order valence-corrected chi connectivity index (χ3v) is 14.4. The number of ketones is 1. The Morgan fingerprint density at radius 1 is 0.962 bits per heavy atom. The molecule has 1 aromatic carbocycles. The summed E-state index contributed by atoms with van der Waals surface area (Å²) < 4.78 is 25.8. The lowest BCUT2D eigenvalue weighted by Gasteiger charge is -2.41. The molecule has 0 spiro atoms. The number of nitrogens with one attached hydrogen (secondary N) is 4. The van der Waals surface area contributed by atoms with Gasteiger partial charge in [-0.2, -0.15) is 0 Å². The number of amides is 5. The smallest absolute Gasteiger partial charge is 0.315 e. The second kappa shape index (κ2) is 15.5. The van der Waals surface area contributed by atoms with Gasteiger partial charge in [0, 0.05) is 19.0 Å². The minimum absolute atomic E-state index is 0.00636. The second-order valence-corrected chi connectivity index (χ2v) is 20.6. The summed E-state index contributed by atoms with van der Waals surface area (Å²) in [5, 5.41) is 11.3. The minimum Gasteiger partial charge on any atom is -0.346 e. The molecular weight excluding hydrogens is 695 g/mol. The summed E-state index contributed by atoms with van der Waals surface area (Å²) in [5.74, 6) is -2.61. The topological polar surface area (TPSA) is 171 Å². The van der Waals surface area contributed by atoms with Crippen molar-refractivity contribution in [3.63, 3.8) is 0 Å². The van der Waals surface area contributed by atoms with E-state index in [2.05, 4.69) is 27.8 Å². The van der Waals surface area contributed by atoms with E-state index in [1.165, 1.54) is 11.0 Å². The predicted octanol–water partition coefficient (Wildman–Crippen LogP) is 4.01. The van der Waals surface area contributed by atoms with Crippen molar-refractivity contribution in [1.29, 1.82) is 0 Å². The SMILES string of the molecule is C=CCNC(=O)C(=O)C(CC1CC1)NC(=O)[C@@H]1[C@@H]2C(CN1C(=O)[C@@H](NC(=O)NC1(CS(=O)(=O)C(C)(C)C)CCCCC1)C(C)(C)C)[C@@H]2c1ccccc1. The maximum Gasteiger partial charge on any atom is 0.315 e. The van der Waals surface area contributed by atoms with Gasteiger partial charge in [0.2, 0.25) is 17.6 Å². The van der Waals surface area contributed by atoms with Crippen LogP contribution in [0.4, 0.5) is 4.79 Å². The molecule has 292 valence electrons. The lowest BCUT2D eigenvalue weighted by atomic mass is 9.83. The van der Waals surface area contributed by atoms with E-state index >= 15 is 0 Å². The highest BCUT2D eigenvalue weighted by Crippen LogP contribution is 2.61. The highest BCUT2D eigenvalue weighted by Gasteiger charge is 2.65. The van der Waals surface area contributed by atoms with E-state index in [-0.39, 0.29) is 42.5 Å². The van der Waals surface area contributed by atoms with Crippen LogP contribution >= 0.6 is 0 Å². The molecule has 5 amide bonds. The maximum atomic E-state index is 14.7. The lowest BCUT2D eigenvalue weighted by molar-refractivity contribution is -0.144. The highest BCUT2D eigenvalue weighted by molar-refractivity contribution is 7.92. The van der Waals surface area contributed by atoms with Gasteiger partial charge in [-0.25, -0.2) is 13.2 Å². The highest BCUT2D eigenvalue weighted by atomic mass is 32.2. The number of rotatable bonds is 14. The van der Waals surface area contributed by atoms with Gasteiger partial charge in [0.15, 0.2) is 9.84 Å². The van der Waals surface area contributed by atoms with Crippen LogP contribution in [0.15, 0.2) is 43.0 Å². The third-order valence-electron chi connectivity index (χ3n) is 11.6. The molecule has 53 heavy (non-hydrogen) atoms. The molecule has 2 unspecified atom stereocenters. The van der Waals surface area contributed by atoms with Crippen molar-refractivity contribution in [3.8, 4) is 0 Å². The number of hydrogen-bond acceptors (Lipinski definition) is 7. The average Bonchev–Trinajstić information content (AvgIpc) is 4.00. The van der Waals surface area contributed by atoms with Crippen LogP contribution in [0.1, 0.15) is 104 Å². The van der Waals surface area contributed by atoms with Crippen LogP contribution < -0.4 is 21.3 Å². The molecule has 3 saturated carbocycles. The summed E-state index contributed by atoms with van der Waals surface area (Å²) in [7, 11) is -3.58. The predicted molar refractivity (Wildman–Crippen MR) is 203 cm³/mol. The number of hydrogen-bond donors (Lipinski definition) is 4. The molecule has 0 bridgehead atoms. The molecule has 1 heterocycles. The maximum absolute atomic E-state index is 14.7. The summed E-state index contributed by atoms with van der Waals surface area (Å²) in [5.41, 5.74) is -0.692. The van der Waals surface area contributed by atoms with E-state index in [0.29, 0.717) is 19.3 Å². The van der Waals surface area contributed by atoms with Gasteiger partial charge >= 0.3 is 6.03 Å². The first-order valence-corrected chi connectivity index (χ1v) is 20.8. The Kier molecular flexibility index (Phi) is 11.9. The van der Waals surface area contributed by atoms with Gasteiger partial charge < -0.3 is 26.2 Å². The molecule has 4 N–H and O–H groups in total. The van der Waals surface area contributed by atoms with Crippen LogP contribution in [-0.2, 0) is 29.0 Å².